The number of nitrogens with zero attached hydrogens (tertiary/aromatic N) is 2. The minimum Gasteiger partial charge on any atom is -0.444 e. The molecule has 1 saturated carbocycles. The van der Waals surface area contributed by atoms with Gasteiger partial charge in [0.2, 0.25) is 5.91 Å². The van der Waals surface area contributed by atoms with Crippen LogP contribution in [0.25, 0.3) is 0 Å². The Bertz CT molecular complexity index is 821. The fraction of sp³-hybridized carbons (Fsp3) is 0.625. The molecule has 1 spiro atoms. The Kier molecular flexibility index (Phi) is 5.37. The number of carbonyl (C=O) groups excluding carboxylic acids is 3. The fourth-order valence-corrected chi connectivity index (χ4v) is 4.89. The summed E-state index contributed by atoms with van der Waals surface area (Å²) in [6.07, 6.45) is 2.59. The number of Topliss-reactive ketones (excluding diaryl/α,β-unsaturated/α-hetero) is 1. The third kappa shape index (κ3) is 4.23. The molecule has 0 radical (unpaired) electrons. The first-order chi connectivity index (χ1) is 14.2. The zero-order chi connectivity index (χ0) is 21.5. The van der Waals surface area contributed by atoms with E-state index >= 15 is 0 Å². The highest BCUT2D eigenvalue weighted by Gasteiger charge is 2.55. The Morgan fingerprint density at radius 3 is 2.23 bits per heavy atom. The number of ketones is 1. The van der Waals surface area contributed by atoms with Gasteiger partial charge in [0, 0.05) is 49.9 Å². The molecule has 2 heterocycles. The summed E-state index contributed by atoms with van der Waals surface area (Å²) in [6, 6.07) is 10.0. The van der Waals surface area contributed by atoms with Gasteiger partial charge in [-0.05, 0) is 45.6 Å². The van der Waals surface area contributed by atoms with E-state index in [0.717, 1.165) is 18.4 Å². The number of benzene rings is 1. The lowest BCUT2D eigenvalue weighted by Crippen LogP contribution is -2.50. The largest absolute Gasteiger partial charge is 0.444 e. The van der Waals surface area contributed by atoms with E-state index in [4.69, 9.17) is 4.74 Å². The van der Waals surface area contributed by atoms with Gasteiger partial charge in [-0.3, -0.25) is 9.59 Å². The second-order valence-electron chi connectivity index (χ2n) is 10.0. The standard InChI is InChI=1S/C24H32N2O4/c1-23(2,3)30-22(29)26-12-9-18(19(16-26)17-7-5-4-6-8-17)21(28)25-13-10-24(11-14-25)15-20(24)27/h4-8,18-19H,9-16H2,1-3H3. The number of rotatable bonds is 2. The van der Waals surface area contributed by atoms with E-state index in [1.54, 1.807) is 4.90 Å². The summed E-state index contributed by atoms with van der Waals surface area (Å²) in [6.45, 7) is 7.92. The van der Waals surface area contributed by atoms with E-state index in [1.807, 2.05) is 56.0 Å². The number of ether oxygens (including phenoxy) is 1. The Hall–Kier alpha value is -2.37. The monoisotopic (exact) mass is 412 g/mol. The molecule has 0 bridgehead atoms. The average Bonchev–Trinajstić information content (AvgIpc) is 3.34. The molecule has 0 aromatic heterocycles. The van der Waals surface area contributed by atoms with Crippen LogP contribution >= 0.6 is 0 Å². The van der Waals surface area contributed by atoms with Gasteiger partial charge < -0.3 is 14.5 Å². The Morgan fingerprint density at radius 2 is 1.67 bits per heavy atom. The third-order valence-corrected chi connectivity index (χ3v) is 6.81. The Morgan fingerprint density at radius 1 is 1.03 bits per heavy atom. The summed E-state index contributed by atoms with van der Waals surface area (Å²) in [7, 11) is 0. The van der Waals surface area contributed by atoms with Crippen LogP contribution in [0.2, 0.25) is 0 Å². The van der Waals surface area contributed by atoms with Crippen LogP contribution in [-0.4, -0.2) is 59.4 Å². The van der Waals surface area contributed by atoms with Gasteiger partial charge in [-0.15, -0.1) is 0 Å². The molecule has 3 fully saturated rings. The lowest BCUT2D eigenvalue weighted by molar-refractivity contribution is -0.140. The molecule has 30 heavy (non-hydrogen) atoms. The summed E-state index contributed by atoms with van der Waals surface area (Å²) in [5.74, 6) is 0.312. The van der Waals surface area contributed by atoms with Gasteiger partial charge in [-0.25, -0.2) is 4.79 Å². The van der Waals surface area contributed by atoms with E-state index in [9.17, 15) is 14.4 Å². The molecule has 1 aromatic carbocycles. The summed E-state index contributed by atoms with van der Waals surface area (Å²) < 4.78 is 5.57. The minimum atomic E-state index is -0.546. The van der Waals surface area contributed by atoms with E-state index in [2.05, 4.69) is 0 Å². The van der Waals surface area contributed by atoms with Crippen molar-refractivity contribution < 1.29 is 19.1 Å². The van der Waals surface area contributed by atoms with E-state index in [1.165, 1.54) is 0 Å². The predicted molar refractivity (Wildman–Crippen MR) is 113 cm³/mol. The summed E-state index contributed by atoms with van der Waals surface area (Å²) in [5, 5.41) is 0. The van der Waals surface area contributed by atoms with Crippen molar-refractivity contribution in [3.8, 4) is 0 Å². The van der Waals surface area contributed by atoms with Gasteiger partial charge >= 0.3 is 6.09 Å². The van der Waals surface area contributed by atoms with E-state index in [-0.39, 0.29) is 29.3 Å². The summed E-state index contributed by atoms with van der Waals surface area (Å²) in [4.78, 5) is 41.5. The van der Waals surface area contributed by atoms with Crippen molar-refractivity contribution in [2.24, 2.45) is 11.3 Å². The third-order valence-electron chi connectivity index (χ3n) is 6.81. The van der Waals surface area contributed by atoms with Crippen LogP contribution in [0.3, 0.4) is 0 Å². The SMILES string of the molecule is CC(C)(C)OC(=O)N1CCC(C(=O)N2CCC3(CC2)CC3=O)C(c2ccccc2)C1. The first-order valence-corrected chi connectivity index (χ1v) is 11.0. The maximum atomic E-state index is 13.5. The molecule has 6 nitrogen and oxygen atoms in total. The first-order valence-electron chi connectivity index (χ1n) is 11.0. The molecule has 3 aliphatic rings. The average molecular weight is 413 g/mol. The number of carbonyl (C=O) groups is 3. The first kappa shape index (κ1) is 20.9. The van der Waals surface area contributed by atoms with Crippen molar-refractivity contribution >= 4 is 17.8 Å². The van der Waals surface area contributed by atoms with Gasteiger partial charge in [-0.2, -0.15) is 0 Å². The topological polar surface area (TPSA) is 66.9 Å². The zero-order valence-corrected chi connectivity index (χ0v) is 18.2. The number of amides is 2. The van der Waals surface area contributed by atoms with Crippen LogP contribution in [0.4, 0.5) is 4.79 Å². The Labute approximate surface area is 178 Å². The molecule has 2 unspecified atom stereocenters. The lowest BCUT2D eigenvalue weighted by Gasteiger charge is -2.41. The lowest BCUT2D eigenvalue weighted by atomic mass is 9.79. The smallest absolute Gasteiger partial charge is 0.410 e. The molecule has 162 valence electrons. The van der Waals surface area contributed by atoms with Crippen molar-refractivity contribution in [3.05, 3.63) is 35.9 Å². The predicted octanol–water partition coefficient (Wildman–Crippen LogP) is 3.61. The number of likely N-dealkylation sites (tertiary alicyclic amines) is 2. The molecule has 2 saturated heterocycles. The van der Waals surface area contributed by atoms with Gasteiger partial charge in [0.25, 0.3) is 0 Å². The second-order valence-corrected chi connectivity index (χ2v) is 10.0. The van der Waals surface area contributed by atoms with Crippen LogP contribution in [0.15, 0.2) is 30.3 Å². The highest BCUT2D eigenvalue weighted by molar-refractivity contribution is 6.01. The number of piperidine rings is 2. The second kappa shape index (κ2) is 7.71. The molecule has 6 heteroatoms. The van der Waals surface area contributed by atoms with Gasteiger partial charge in [0.1, 0.15) is 11.4 Å². The highest BCUT2D eigenvalue weighted by atomic mass is 16.6. The zero-order valence-electron chi connectivity index (χ0n) is 18.2. The quantitative estimate of drug-likeness (QED) is 0.744. The maximum Gasteiger partial charge on any atom is 0.410 e. The molecular weight excluding hydrogens is 380 g/mol. The van der Waals surface area contributed by atoms with E-state index < -0.39 is 5.60 Å². The minimum absolute atomic E-state index is 0.0570. The molecule has 2 aliphatic heterocycles. The van der Waals surface area contributed by atoms with Gasteiger partial charge in [-0.1, -0.05) is 30.3 Å². The Balaban J connectivity index is 1.48. The fourth-order valence-electron chi connectivity index (χ4n) is 4.89. The van der Waals surface area contributed by atoms with Crippen LogP contribution in [0, 0.1) is 11.3 Å². The highest BCUT2D eigenvalue weighted by Crippen LogP contribution is 2.50. The van der Waals surface area contributed by atoms with Gasteiger partial charge in [0.05, 0.1) is 0 Å². The van der Waals surface area contributed by atoms with Crippen LogP contribution < -0.4 is 0 Å². The van der Waals surface area contributed by atoms with Crippen molar-refractivity contribution in [2.75, 3.05) is 26.2 Å². The molecule has 2 amide bonds. The van der Waals surface area contributed by atoms with Gasteiger partial charge in [0.15, 0.2) is 0 Å². The van der Waals surface area contributed by atoms with Crippen molar-refractivity contribution in [1.29, 1.82) is 0 Å². The molecular formula is C24H32N2O4. The van der Waals surface area contributed by atoms with Crippen LogP contribution in [-0.2, 0) is 14.3 Å². The van der Waals surface area contributed by atoms with Crippen molar-refractivity contribution in [1.82, 2.24) is 9.80 Å². The van der Waals surface area contributed by atoms with Crippen LogP contribution in [0.5, 0.6) is 0 Å². The molecule has 2 atom stereocenters. The molecule has 4 rings (SSSR count). The van der Waals surface area contributed by atoms with E-state index in [0.29, 0.717) is 44.8 Å². The molecule has 1 aliphatic carbocycles. The van der Waals surface area contributed by atoms with Crippen molar-refractivity contribution in [3.63, 3.8) is 0 Å². The normalized spacial score (nSPS) is 25.9. The maximum absolute atomic E-state index is 13.5. The summed E-state index contributed by atoms with van der Waals surface area (Å²) >= 11 is 0. The summed E-state index contributed by atoms with van der Waals surface area (Å²) in [5.41, 5.74) is 0.418. The molecule has 0 N–H and O–H groups in total. The molecule has 1 aromatic rings. The van der Waals surface area contributed by atoms with Crippen molar-refractivity contribution in [2.45, 2.75) is 58.0 Å². The number of hydrogen-bond acceptors (Lipinski definition) is 4. The van der Waals surface area contributed by atoms with Crippen LogP contribution in [0.1, 0.15) is 57.9 Å². The number of hydrogen-bond donors (Lipinski definition) is 0.